The van der Waals surface area contributed by atoms with Crippen molar-refractivity contribution in [2.75, 3.05) is 44.4 Å². The summed E-state index contributed by atoms with van der Waals surface area (Å²) in [5.74, 6) is -2.02. The maximum atomic E-state index is 12.2. The fourth-order valence-electron chi connectivity index (χ4n) is 3.18. The minimum Gasteiger partial charge on any atom is -0.478 e. The van der Waals surface area contributed by atoms with E-state index in [9.17, 15) is 19.6 Å². The number of hydrogen-bond acceptors (Lipinski definition) is 6. The van der Waals surface area contributed by atoms with Crippen molar-refractivity contribution in [3.05, 3.63) is 71.8 Å². The number of carbonyl (C=O) groups is 3. The molecule has 3 amide bonds. The second-order valence-electron chi connectivity index (χ2n) is 8.29. The molecule has 0 heterocycles. The Bertz CT molecular complexity index is 1010. The lowest BCUT2D eigenvalue weighted by molar-refractivity contribution is -0.159. The number of benzene rings is 2. The van der Waals surface area contributed by atoms with Gasteiger partial charge in [-0.1, -0.05) is 24.3 Å². The third kappa shape index (κ3) is 10.3. The van der Waals surface area contributed by atoms with Gasteiger partial charge < -0.3 is 25.5 Å². The number of nitrogens with one attached hydrogen (secondary N) is 2. The number of hydrogen-bond donors (Lipinski definition) is 4. The molecule has 35 heavy (non-hydrogen) atoms. The number of rotatable bonds is 12. The van der Waals surface area contributed by atoms with Gasteiger partial charge in [-0.3, -0.25) is 10.0 Å². The first-order valence-electron chi connectivity index (χ1n) is 11.1. The van der Waals surface area contributed by atoms with E-state index >= 15 is 0 Å². The van der Waals surface area contributed by atoms with Crippen molar-refractivity contribution in [1.82, 2.24) is 15.3 Å². The zero-order valence-electron chi connectivity index (χ0n) is 20.3. The third-order valence-electron chi connectivity index (χ3n) is 5.10. The molecule has 188 valence electrons. The van der Waals surface area contributed by atoms with E-state index in [1.165, 1.54) is 0 Å². The van der Waals surface area contributed by atoms with Gasteiger partial charge in [-0.25, -0.2) is 14.7 Å². The van der Waals surface area contributed by atoms with E-state index in [1.54, 1.807) is 0 Å². The highest BCUT2D eigenvalue weighted by molar-refractivity contribution is 5.93. The first-order valence-corrected chi connectivity index (χ1v) is 11.1. The maximum Gasteiger partial charge on any atom is 0.328 e. The van der Waals surface area contributed by atoms with Crippen LogP contribution >= 0.6 is 0 Å². The van der Waals surface area contributed by atoms with Gasteiger partial charge in [-0.15, -0.1) is 0 Å². The van der Waals surface area contributed by atoms with E-state index in [1.807, 2.05) is 79.5 Å². The Morgan fingerprint density at radius 2 is 1.51 bits per heavy atom. The lowest BCUT2D eigenvalue weighted by Gasteiger charge is -2.19. The quantitative estimate of drug-likeness (QED) is 0.208. The third-order valence-corrected chi connectivity index (χ3v) is 5.10. The fourth-order valence-corrected chi connectivity index (χ4v) is 3.18. The van der Waals surface area contributed by atoms with Crippen LogP contribution in [0.2, 0.25) is 0 Å². The van der Waals surface area contributed by atoms with Crippen LogP contribution < -0.4 is 15.5 Å². The molecule has 0 aliphatic carbocycles. The summed E-state index contributed by atoms with van der Waals surface area (Å²) in [5.41, 5.74) is 3.83. The van der Waals surface area contributed by atoms with E-state index in [0.717, 1.165) is 28.6 Å². The first kappa shape index (κ1) is 27.4. The summed E-state index contributed by atoms with van der Waals surface area (Å²) in [6, 6.07) is 15.2. The van der Waals surface area contributed by atoms with E-state index < -0.39 is 11.9 Å². The molecule has 0 saturated heterocycles. The van der Waals surface area contributed by atoms with E-state index in [4.69, 9.17) is 5.11 Å². The Balaban J connectivity index is 1.70. The molecule has 2 rings (SSSR count). The van der Waals surface area contributed by atoms with Crippen molar-refractivity contribution >= 4 is 29.3 Å². The number of urea groups is 1. The summed E-state index contributed by atoms with van der Waals surface area (Å²) in [5, 5.41) is 24.3. The second kappa shape index (κ2) is 13.7. The van der Waals surface area contributed by atoms with Gasteiger partial charge in [0, 0.05) is 57.3 Å². The summed E-state index contributed by atoms with van der Waals surface area (Å²) in [6.07, 6.45) is 2.02. The summed E-state index contributed by atoms with van der Waals surface area (Å²) in [7, 11) is 5.84. The number of nitrogens with zero attached hydrogens (tertiary/aromatic N) is 3. The molecule has 10 nitrogen and oxygen atoms in total. The van der Waals surface area contributed by atoms with Crippen molar-refractivity contribution in [2.24, 2.45) is 0 Å². The topological polar surface area (TPSA) is 125 Å². The average Bonchev–Trinajstić information content (AvgIpc) is 2.82. The van der Waals surface area contributed by atoms with Crippen molar-refractivity contribution in [2.45, 2.75) is 19.5 Å². The molecule has 0 aliphatic rings. The van der Waals surface area contributed by atoms with E-state index in [2.05, 4.69) is 10.6 Å². The number of carboxylic acids is 1. The molecule has 0 bridgehead atoms. The summed E-state index contributed by atoms with van der Waals surface area (Å²) in [4.78, 5) is 38.2. The van der Waals surface area contributed by atoms with E-state index in [-0.39, 0.29) is 12.6 Å². The Morgan fingerprint density at radius 1 is 0.886 bits per heavy atom. The molecule has 4 N–H and O–H groups in total. The normalized spacial score (nSPS) is 10.9. The van der Waals surface area contributed by atoms with Crippen LogP contribution in [0.4, 0.5) is 16.2 Å². The maximum absolute atomic E-state index is 12.2. The van der Waals surface area contributed by atoms with Crippen LogP contribution in [-0.2, 0) is 22.7 Å². The monoisotopic (exact) mass is 483 g/mol. The Labute approximate surface area is 205 Å². The first-order chi connectivity index (χ1) is 16.6. The van der Waals surface area contributed by atoms with Crippen molar-refractivity contribution < 1.29 is 24.7 Å². The summed E-state index contributed by atoms with van der Waals surface area (Å²) in [6.45, 7) is 1.80. The Morgan fingerprint density at radius 3 is 2.11 bits per heavy atom. The van der Waals surface area contributed by atoms with Gasteiger partial charge in [0.05, 0.1) is 0 Å². The zero-order valence-corrected chi connectivity index (χ0v) is 20.3. The molecule has 2 aromatic carbocycles. The molecular formula is C25H33N5O5. The molecular weight excluding hydrogens is 450 g/mol. The van der Waals surface area contributed by atoms with Gasteiger partial charge in [0.15, 0.2) is 0 Å². The van der Waals surface area contributed by atoms with Crippen LogP contribution in [0, 0.1) is 0 Å². The average molecular weight is 484 g/mol. The van der Waals surface area contributed by atoms with Crippen LogP contribution in [0.1, 0.15) is 17.5 Å². The summed E-state index contributed by atoms with van der Waals surface area (Å²) >= 11 is 0. The number of aliphatic carboxylic acids is 1. The number of hydroxylamine groups is 2. The number of amides is 3. The lowest BCUT2D eigenvalue weighted by atomic mass is 10.1. The lowest BCUT2D eigenvalue weighted by Crippen LogP contribution is -2.29. The van der Waals surface area contributed by atoms with Gasteiger partial charge in [0.25, 0.3) is 5.91 Å². The molecule has 0 aromatic heterocycles. The minimum absolute atomic E-state index is 0.0968. The predicted molar refractivity (Wildman–Crippen MR) is 134 cm³/mol. The van der Waals surface area contributed by atoms with Gasteiger partial charge in [-0.2, -0.15) is 0 Å². The van der Waals surface area contributed by atoms with Crippen LogP contribution in [0.25, 0.3) is 0 Å². The van der Waals surface area contributed by atoms with Crippen LogP contribution in [0.15, 0.2) is 60.7 Å². The molecule has 10 heteroatoms. The second-order valence-corrected chi connectivity index (χ2v) is 8.29. The predicted octanol–water partition coefficient (Wildman–Crippen LogP) is 2.75. The number of carboxylic acid groups (broad SMARTS) is 1. The molecule has 0 saturated carbocycles. The van der Waals surface area contributed by atoms with Gasteiger partial charge in [0.1, 0.15) is 0 Å². The molecule has 0 spiro atoms. The van der Waals surface area contributed by atoms with Crippen molar-refractivity contribution in [3.8, 4) is 0 Å². The van der Waals surface area contributed by atoms with Gasteiger partial charge in [0.2, 0.25) is 0 Å². The smallest absolute Gasteiger partial charge is 0.328 e. The van der Waals surface area contributed by atoms with Crippen molar-refractivity contribution in [1.29, 1.82) is 0 Å². The largest absolute Gasteiger partial charge is 0.478 e. The molecule has 0 unspecified atom stereocenters. The highest BCUT2D eigenvalue weighted by atomic mass is 16.5. The van der Waals surface area contributed by atoms with E-state index in [0.29, 0.717) is 37.2 Å². The number of carbonyl (C=O) groups excluding carboxylic acids is 2. The van der Waals surface area contributed by atoms with Gasteiger partial charge >= 0.3 is 12.0 Å². The van der Waals surface area contributed by atoms with Crippen LogP contribution in [0.5, 0.6) is 0 Å². The molecule has 0 aliphatic heterocycles. The Kier molecular flexibility index (Phi) is 10.7. The zero-order chi connectivity index (χ0) is 25.8. The van der Waals surface area contributed by atoms with Crippen molar-refractivity contribution in [3.63, 3.8) is 0 Å². The van der Waals surface area contributed by atoms with Gasteiger partial charge in [-0.05, 0) is 55.4 Å². The molecule has 0 atom stereocenters. The Hall–Kier alpha value is -3.89. The minimum atomic E-state index is -1.25. The highest BCUT2D eigenvalue weighted by Gasteiger charge is 2.09. The fraction of sp³-hybridized carbons (Fsp3) is 0.320. The molecule has 0 radical (unpaired) electrons. The highest BCUT2D eigenvalue weighted by Crippen LogP contribution is 2.15. The standard InChI is InChI=1S/C25H33N5O5/c1-28(2)22-11-9-21(10-12-22)27-25(34)26-17-19-5-7-20(8-6-19)18-29(3)15-4-16-30(35)23(31)13-14-24(32)33/h5-14,35H,4,15-18H2,1-3H3,(H,32,33)(H2,26,27,34). The molecule has 0 fully saturated rings. The molecule has 2 aromatic rings. The number of anilines is 2. The SMILES string of the molecule is CN(CCCN(O)C(=O)C=CC(=O)O)Cc1ccc(CNC(=O)Nc2ccc(N(C)C)cc2)cc1. The van der Waals surface area contributed by atoms with Crippen LogP contribution in [-0.4, -0.2) is 72.4 Å². The summed E-state index contributed by atoms with van der Waals surface area (Å²) < 4.78 is 0. The van der Waals surface area contributed by atoms with Crippen LogP contribution in [0.3, 0.4) is 0 Å².